The Morgan fingerprint density at radius 3 is 2.27 bits per heavy atom. The zero-order valence-electron chi connectivity index (χ0n) is 41.0. The third-order valence-electron chi connectivity index (χ3n) is 12.0. The lowest BCUT2D eigenvalue weighted by atomic mass is 9.87. The predicted molar refractivity (Wildman–Crippen MR) is 261 cm³/mol. The van der Waals surface area contributed by atoms with Crippen LogP contribution >= 0.6 is 0 Å². The molecule has 25 heteroatoms. The molecule has 8 aromatic rings. The van der Waals surface area contributed by atoms with E-state index in [4.69, 9.17) is 10.5 Å². The molecule has 0 unspecified atom stereocenters. The van der Waals surface area contributed by atoms with Crippen LogP contribution in [0.2, 0.25) is 0 Å². The molecule has 7 heterocycles. The van der Waals surface area contributed by atoms with Crippen molar-refractivity contribution in [2.75, 3.05) is 35.7 Å². The van der Waals surface area contributed by atoms with Crippen molar-refractivity contribution in [1.82, 2.24) is 44.5 Å². The fraction of sp³-hybridized carbons (Fsp3) is 0.250. The molecule has 0 atom stereocenters. The number of nitrogens with two attached hydrogens (primary N) is 1. The van der Waals surface area contributed by atoms with Crippen LogP contribution in [-0.4, -0.2) is 76.5 Å². The fourth-order valence-corrected chi connectivity index (χ4v) is 8.45. The Morgan fingerprint density at radius 2 is 1.64 bits per heavy atom. The van der Waals surface area contributed by atoms with Crippen LogP contribution in [0.4, 0.5) is 61.1 Å². The zero-order chi connectivity index (χ0) is 55.6. The Balaban J connectivity index is 0.000000208. The lowest BCUT2D eigenvalue weighted by molar-refractivity contribution is -0.144. The van der Waals surface area contributed by atoms with Crippen LogP contribution in [0.3, 0.4) is 0 Å². The number of rotatable bonds is 10. The first-order chi connectivity index (χ1) is 36.4. The molecule has 398 valence electrons. The van der Waals surface area contributed by atoms with E-state index in [1.807, 2.05) is 26.0 Å². The highest BCUT2D eigenvalue weighted by Gasteiger charge is 2.41. The summed E-state index contributed by atoms with van der Waals surface area (Å²) in [6.45, 7) is 4.05. The number of methoxy groups -OCH3 is 1. The van der Waals surface area contributed by atoms with Gasteiger partial charge in [0.15, 0.2) is 5.69 Å². The number of alkyl halides is 9. The van der Waals surface area contributed by atoms with Gasteiger partial charge in [0.25, 0.3) is 5.91 Å². The number of hydrogen-bond donors (Lipinski definition) is 1. The number of ether oxygens (including phenoxy) is 1. The van der Waals surface area contributed by atoms with Gasteiger partial charge >= 0.3 is 18.5 Å². The Labute approximate surface area is 431 Å². The third kappa shape index (κ3) is 12.3. The maximum Gasteiger partial charge on any atom is 0.435 e. The number of pyridine rings is 3. The molecule has 1 aliphatic heterocycles. The molecule has 0 bridgehead atoms. The van der Waals surface area contributed by atoms with E-state index in [1.54, 1.807) is 40.3 Å². The molecule has 2 amide bonds. The second kappa shape index (κ2) is 21.7. The van der Waals surface area contributed by atoms with Crippen LogP contribution in [-0.2, 0) is 56.2 Å². The highest BCUT2D eigenvalue weighted by molar-refractivity contribution is 6.13. The Kier molecular flexibility index (Phi) is 15.3. The number of halogens is 10. The van der Waals surface area contributed by atoms with Gasteiger partial charge in [-0.2, -0.15) is 44.6 Å². The summed E-state index contributed by atoms with van der Waals surface area (Å²) >= 11 is 0. The molecule has 0 radical (unpaired) electrons. The average molecular weight is 1070 g/mol. The lowest BCUT2D eigenvalue weighted by Gasteiger charge is -2.31. The van der Waals surface area contributed by atoms with E-state index >= 15 is 0 Å². The zero-order valence-corrected chi connectivity index (χ0v) is 41.0. The van der Waals surface area contributed by atoms with Crippen LogP contribution in [0.5, 0.6) is 5.88 Å². The maximum atomic E-state index is 14.3. The normalized spacial score (nSPS) is 12.6. The SMILES string of the molecule is CCc1cc2c(N3CCc4c(cc(Cn5ccnc5)cc4-c4cn(C)nc4C(F)(F)F)C3=O)cc(C)nc2c(OC)n1.Nc1ccc(C#CCN(C(=O)Cc2ncc(C(F)(F)F)cc2C(F)(F)F)c2ccc(F)cc2)nn1. The monoisotopic (exact) mass is 1070 g/mol. The minimum atomic E-state index is -5.20. The van der Waals surface area contributed by atoms with Gasteiger partial charge in [-0.1, -0.05) is 12.8 Å². The van der Waals surface area contributed by atoms with E-state index in [2.05, 4.69) is 47.1 Å². The number of carbonyl (C=O) groups is 2. The average Bonchev–Trinajstić information content (AvgIpc) is 4.12. The van der Waals surface area contributed by atoms with Crippen molar-refractivity contribution >= 4 is 39.9 Å². The van der Waals surface area contributed by atoms with Crippen LogP contribution in [0, 0.1) is 24.6 Å². The number of hydrogen-bond acceptors (Lipinski definition) is 11. The van der Waals surface area contributed by atoms with Crippen LogP contribution in [0.25, 0.3) is 22.0 Å². The van der Waals surface area contributed by atoms with Gasteiger partial charge in [0.2, 0.25) is 11.8 Å². The Bertz CT molecular complexity index is 3550. The van der Waals surface area contributed by atoms with E-state index in [-0.39, 0.29) is 54.0 Å². The van der Waals surface area contributed by atoms with Crippen molar-refractivity contribution < 1.29 is 58.2 Å². The van der Waals surface area contributed by atoms with Crippen molar-refractivity contribution in [1.29, 1.82) is 0 Å². The van der Waals surface area contributed by atoms with Crippen LogP contribution in [0.15, 0.2) is 97.8 Å². The molecule has 15 nitrogen and oxygen atoms in total. The molecule has 77 heavy (non-hydrogen) atoms. The van der Waals surface area contributed by atoms with Gasteiger partial charge in [-0.3, -0.25) is 19.3 Å². The van der Waals surface area contributed by atoms with Gasteiger partial charge < -0.3 is 24.8 Å². The predicted octanol–water partition coefficient (Wildman–Crippen LogP) is 9.63. The van der Waals surface area contributed by atoms with Crippen molar-refractivity contribution in [2.24, 2.45) is 7.05 Å². The summed E-state index contributed by atoms with van der Waals surface area (Å²) in [7, 11) is 2.99. The van der Waals surface area contributed by atoms with Gasteiger partial charge in [-0.05, 0) is 109 Å². The molecule has 0 spiro atoms. The lowest BCUT2D eigenvalue weighted by Crippen LogP contribution is -2.38. The first-order valence-electron chi connectivity index (χ1n) is 23.1. The molecular weight excluding hydrogens is 1030 g/mol. The van der Waals surface area contributed by atoms with E-state index in [0.717, 1.165) is 32.8 Å². The van der Waals surface area contributed by atoms with Crippen molar-refractivity contribution in [3.8, 4) is 28.8 Å². The van der Waals surface area contributed by atoms with Gasteiger partial charge in [0.1, 0.15) is 22.8 Å². The maximum absolute atomic E-state index is 14.3. The summed E-state index contributed by atoms with van der Waals surface area (Å²) in [6.07, 6.45) is -8.31. The van der Waals surface area contributed by atoms with Crippen molar-refractivity contribution in [3.63, 3.8) is 0 Å². The molecule has 2 N–H and O–H groups in total. The first kappa shape index (κ1) is 54.3. The summed E-state index contributed by atoms with van der Waals surface area (Å²) in [5.41, 5.74) is 5.08. The number of nitrogens with zero attached hydrogens (tertiary/aromatic N) is 11. The molecule has 1 aliphatic rings. The molecule has 0 saturated carbocycles. The number of amides is 2. The molecule has 6 aromatic heterocycles. The number of carbonyl (C=O) groups excluding carboxylic acids is 2. The van der Waals surface area contributed by atoms with Crippen LogP contribution in [0.1, 0.15) is 68.0 Å². The smallest absolute Gasteiger partial charge is 0.435 e. The molecule has 0 aliphatic carbocycles. The second-order valence-electron chi connectivity index (χ2n) is 17.3. The number of benzene rings is 2. The minimum absolute atomic E-state index is 0.0522. The van der Waals surface area contributed by atoms with E-state index in [1.165, 1.54) is 44.6 Å². The molecule has 0 fully saturated rings. The number of imidazole rings is 1. The Morgan fingerprint density at radius 1 is 0.896 bits per heavy atom. The summed E-state index contributed by atoms with van der Waals surface area (Å²) in [5, 5.41) is 11.8. The second-order valence-corrected chi connectivity index (χ2v) is 17.3. The van der Waals surface area contributed by atoms with Gasteiger partial charge in [0, 0.05) is 78.5 Å². The van der Waals surface area contributed by atoms with Crippen molar-refractivity contribution in [2.45, 2.75) is 58.2 Å². The molecular formula is C52H42F10N12O3. The summed E-state index contributed by atoms with van der Waals surface area (Å²) in [5.74, 6) is 3.81. The largest absolute Gasteiger partial charge is 0.479 e. The summed E-state index contributed by atoms with van der Waals surface area (Å²) < 4.78 is 143. The van der Waals surface area contributed by atoms with Crippen molar-refractivity contribution in [3.05, 3.63) is 160 Å². The summed E-state index contributed by atoms with van der Waals surface area (Å²) in [4.78, 5) is 46.4. The number of aromatic nitrogens is 9. The standard InChI is InChI=1S/C30H28F3N7O2.C22H14F7N5O/c1-5-19-13-23-25(10-17(2)35-26(23)28(36-19)42-4)40-8-6-20-21(24-15-38(3)37-27(24)30(31,32)33)11-18(12-22(20)29(40)41)14-39-9-7-34-16-39;23-14-3-6-16(7-4-14)34(9-1-2-15-5-8-19(30)33-32-15)20(35)11-18-17(22(27,28)29)10-13(12-31-18)21(24,25)26/h7,9-13,15-16H,5-6,8,14H2,1-4H3;3-8,10,12H,9,11H2,(H2,30,33). The molecule has 0 saturated heterocycles. The molecule has 2 aromatic carbocycles. The molecule has 9 rings (SSSR count). The highest BCUT2D eigenvalue weighted by atomic mass is 19.4. The fourth-order valence-electron chi connectivity index (χ4n) is 8.45. The Hall–Kier alpha value is -8.95. The van der Waals surface area contributed by atoms with Gasteiger partial charge in [-0.15, -0.1) is 10.2 Å². The number of anilines is 3. The van der Waals surface area contributed by atoms with Gasteiger partial charge in [0.05, 0.1) is 48.9 Å². The number of nitrogen functional groups attached to an aromatic ring is 1. The number of aryl methyl sites for hydroxylation is 3. The quantitative estimate of drug-likeness (QED) is 0.102. The third-order valence-corrected chi connectivity index (χ3v) is 12.0. The topological polar surface area (TPSA) is 176 Å². The minimum Gasteiger partial charge on any atom is -0.479 e. The highest BCUT2D eigenvalue weighted by Crippen LogP contribution is 2.42. The summed E-state index contributed by atoms with van der Waals surface area (Å²) in [6, 6.07) is 14.5. The van der Waals surface area contributed by atoms with Crippen LogP contribution < -0.4 is 20.3 Å². The first-order valence-corrected chi connectivity index (χ1v) is 23.1. The van der Waals surface area contributed by atoms with E-state index in [9.17, 15) is 53.5 Å². The number of fused-ring (bicyclic) bond motifs is 2. The van der Waals surface area contributed by atoms with E-state index in [0.29, 0.717) is 64.4 Å². The van der Waals surface area contributed by atoms with E-state index < -0.39 is 59.2 Å². The van der Waals surface area contributed by atoms with Gasteiger partial charge in [-0.25, -0.2) is 19.3 Å².